The van der Waals surface area contributed by atoms with E-state index in [1.165, 1.54) is 44.9 Å². The van der Waals surface area contributed by atoms with E-state index in [0.717, 1.165) is 23.8 Å². The van der Waals surface area contributed by atoms with Crippen molar-refractivity contribution in [1.29, 1.82) is 0 Å². The molecule has 2 fully saturated rings. The Kier molecular flexibility index (Phi) is 4.88. The second kappa shape index (κ2) is 6.86. The maximum absolute atomic E-state index is 12.3. The number of unbranched alkanes of at least 4 members (excludes halogenated alkanes) is 1. The summed E-state index contributed by atoms with van der Waals surface area (Å²) in [6, 6.07) is 0. The van der Waals surface area contributed by atoms with Gasteiger partial charge in [0.15, 0.2) is 0 Å². The van der Waals surface area contributed by atoms with Crippen LogP contribution in [0.2, 0.25) is 0 Å². The van der Waals surface area contributed by atoms with Gasteiger partial charge < -0.3 is 5.32 Å². The van der Waals surface area contributed by atoms with E-state index in [9.17, 15) is 4.79 Å². The van der Waals surface area contributed by atoms with Gasteiger partial charge in [0.2, 0.25) is 11.0 Å². The van der Waals surface area contributed by atoms with Gasteiger partial charge in [-0.05, 0) is 44.4 Å². The molecular weight excluding hydrogens is 282 g/mol. The van der Waals surface area contributed by atoms with Crippen molar-refractivity contribution in [2.75, 3.05) is 5.32 Å². The molecule has 2 saturated carbocycles. The number of amides is 1. The number of carbonyl (C=O) groups excluding carboxylic acids is 1. The van der Waals surface area contributed by atoms with Gasteiger partial charge in [-0.3, -0.25) is 4.79 Å². The Bertz CT molecular complexity index is 476. The Morgan fingerprint density at radius 3 is 2.62 bits per heavy atom. The highest BCUT2D eigenvalue weighted by Crippen LogP contribution is 2.42. The van der Waals surface area contributed by atoms with Crippen LogP contribution in [-0.4, -0.2) is 16.1 Å². The van der Waals surface area contributed by atoms with Crippen LogP contribution < -0.4 is 5.32 Å². The molecule has 1 N–H and O–H groups in total. The lowest BCUT2D eigenvalue weighted by molar-refractivity contribution is -0.121. The molecule has 4 nitrogen and oxygen atoms in total. The average molecular weight is 307 g/mol. The second-order valence-corrected chi connectivity index (χ2v) is 7.58. The number of nitrogens with one attached hydrogen (secondary N) is 1. The fourth-order valence-corrected chi connectivity index (χ4v) is 4.11. The molecule has 21 heavy (non-hydrogen) atoms. The lowest BCUT2D eigenvalue weighted by Crippen LogP contribution is -2.27. The summed E-state index contributed by atoms with van der Waals surface area (Å²) in [4.78, 5) is 12.3. The van der Waals surface area contributed by atoms with E-state index in [4.69, 9.17) is 0 Å². The highest BCUT2D eigenvalue weighted by Gasteiger charge is 2.29. The topological polar surface area (TPSA) is 54.9 Å². The largest absolute Gasteiger partial charge is 0.300 e. The highest BCUT2D eigenvalue weighted by atomic mass is 32.1. The first-order chi connectivity index (χ1) is 10.3. The summed E-state index contributed by atoms with van der Waals surface area (Å²) >= 11 is 1.55. The number of nitrogens with zero attached hydrogens (tertiary/aromatic N) is 2. The van der Waals surface area contributed by atoms with Crippen molar-refractivity contribution in [2.24, 2.45) is 11.8 Å². The van der Waals surface area contributed by atoms with Gasteiger partial charge in [0.1, 0.15) is 5.01 Å². The minimum absolute atomic E-state index is 0.155. The van der Waals surface area contributed by atoms with E-state index in [0.29, 0.717) is 11.0 Å². The molecule has 116 valence electrons. The van der Waals surface area contributed by atoms with E-state index in [1.54, 1.807) is 11.3 Å². The molecule has 0 aliphatic heterocycles. The molecule has 1 aromatic heterocycles. The molecule has 3 rings (SSSR count). The molecule has 0 aromatic carbocycles. The molecule has 2 aliphatic carbocycles. The fraction of sp³-hybridized carbons (Fsp3) is 0.812. The zero-order valence-electron chi connectivity index (χ0n) is 12.8. The van der Waals surface area contributed by atoms with Crippen LogP contribution in [0.25, 0.3) is 0 Å². The molecule has 0 atom stereocenters. The van der Waals surface area contributed by atoms with Crippen molar-refractivity contribution in [1.82, 2.24) is 10.2 Å². The third-order valence-corrected chi connectivity index (χ3v) is 5.78. The summed E-state index contributed by atoms with van der Waals surface area (Å²) in [6.07, 6.45) is 10.9. The van der Waals surface area contributed by atoms with Gasteiger partial charge in [0.25, 0.3) is 0 Å². The number of rotatable bonds is 6. The van der Waals surface area contributed by atoms with Gasteiger partial charge in [0, 0.05) is 11.8 Å². The van der Waals surface area contributed by atoms with Crippen molar-refractivity contribution in [3.8, 4) is 0 Å². The Hall–Kier alpha value is -0.970. The standard InChI is InChI=1S/C16H25N3OS/c1-2-3-4-11-5-7-12(8-6-11)14(20)17-16-19-18-15(21-16)13-9-10-13/h11-13H,2-10H2,1H3,(H,17,19,20). The van der Waals surface area contributed by atoms with Crippen LogP contribution in [0.15, 0.2) is 0 Å². The fourth-order valence-electron chi connectivity index (χ4n) is 3.19. The summed E-state index contributed by atoms with van der Waals surface area (Å²) in [6.45, 7) is 2.25. The van der Waals surface area contributed by atoms with E-state index in [1.807, 2.05) is 0 Å². The molecular formula is C16H25N3OS. The van der Waals surface area contributed by atoms with Crippen molar-refractivity contribution >= 4 is 22.4 Å². The Morgan fingerprint density at radius 1 is 1.19 bits per heavy atom. The van der Waals surface area contributed by atoms with Gasteiger partial charge in [-0.15, -0.1) is 10.2 Å². The first kappa shape index (κ1) is 14.9. The average Bonchev–Trinajstić information content (AvgIpc) is 3.26. The normalized spacial score (nSPS) is 25.8. The van der Waals surface area contributed by atoms with Gasteiger partial charge in [0.05, 0.1) is 0 Å². The van der Waals surface area contributed by atoms with Crippen LogP contribution in [0.5, 0.6) is 0 Å². The number of hydrogen-bond acceptors (Lipinski definition) is 4. The zero-order chi connectivity index (χ0) is 14.7. The highest BCUT2D eigenvalue weighted by molar-refractivity contribution is 7.15. The molecule has 0 saturated heterocycles. The second-order valence-electron chi connectivity index (χ2n) is 6.57. The minimum atomic E-state index is 0.155. The predicted octanol–water partition coefficient (Wildman–Crippen LogP) is 4.35. The van der Waals surface area contributed by atoms with Crippen LogP contribution in [0, 0.1) is 11.8 Å². The number of hydrogen-bond donors (Lipinski definition) is 1. The SMILES string of the molecule is CCCCC1CCC(C(=O)Nc2nnc(C3CC3)s2)CC1. The lowest BCUT2D eigenvalue weighted by atomic mass is 9.79. The van der Waals surface area contributed by atoms with E-state index >= 15 is 0 Å². The van der Waals surface area contributed by atoms with Crippen molar-refractivity contribution in [3.63, 3.8) is 0 Å². The van der Waals surface area contributed by atoms with Crippen LogP contribution in [0.3, 0.4) is 0 Å². The van der Waals surface area contributed by atoms with E-state index in [-0.39, 0.29) is 11.8 Å². The van der Waals surface area contributed by atoms with Crippen LogP contribution in [0.4, 0.5) is 5.13 Å². The molecule has 1 heterocycles. The quantitative estimate of drug-likeness (QED) is 0.850. The Labute approximate surface area is 130 Å². The molecule has 0 radical (unpaired) electrons. The number of anilines is 1. The molecule has 1 amide bonds. The van der Waals surface area contributed by atoms with E-state index < -0.39 is 0 Å². The third kappa shape index (κ3) is 4.02. The van der Waals surface area contributed by atoms with Gasteiger partial charge in [-0.1, -0.05) is 37.5 Å². The van der Waals surface area contributed by atoms with Crippen LogP contribution in [0.1, 0.15) is 75.6 Å². The molecule has 5 heteroatoms. The summed E-state index contributed by atoms with van der Waals surface area (Å²) in [5, 5.41) is 13.0. The zero-order valence-corrected chi connectivity index (χ0v) is 13.6. The molecule has 0 bridgehead atoms. The summed E-state index contributed by atoms with van der Waals surface area (Å²) in [5.41, 5.74) is 0. The molecule has 0 unspecified atom stereocenters. The third-order valence-electron chi connectivity index (χ3n) is 4.78. The van der Waals surface area contributed by atoms with Crippen LogP contribution in [-0.2, 0) is 4.79 Å². The lowest BCUT2D eigenvalue weighted by Gasteiger charge is -2.27. The Balaban J connectivity index is 1.45. The minimum Gasteiger partial charge on any atom is -0.300 e. The predicted molar refractivity (Wildman–Crippen MR) is 85.5 cm³/mol. The van der Waals surface area contributed by atoms with Gasteiger partial charge >= 0.3 is 0 Å². The van der Waals surface area contributed by atoms with Crippen LogP contribution >= 0.6 is 11.3 Å². The maximum Gasteiger partial charge on any atom is 0.229 e. The van der Waals surface area contributed by atoms with Crippen molar-refractivity contribution < 1.29 is 4.79 Å². The maximum atomic E-state index is 12.3. The number of aromatic nitrogens is 2. The number of carbonyl (C=O) groups is 1. The van der Waals surface area contributed by atoms with Gasteiger partial charge in [-0.25, -0.2) is 0 Å². The first-order valence-corrected chi connectivity index (χ1v) is 9.22. The van der Waals surface area contributed by atoms with E-state index in [2.05, 4.69) is 22.4 Å². The molecule has 2 aliphatic rings. The summed E-state index contributed by atoms with van der Waals surface area (Å²) in [7, 11) is 0. The van der Waals surface area contributed by atoms with Gasteiger partial charge in [-0.2, -0.15) is 0 Å². The van der Waals surface area contributed by atoms with Crippen molar-refractivity contribution in [2.45, 2.75) is 70.6 Å². The molecule has 0 spiro atoms. The smallest absolute Gasteiger partial charge is 0.229 e. The first-order valence-electron chi connectivity index (χ1n) is 8.40. The molecule has 1 aromatic rings. The summed E-state index contributed by atoms with van der Waals surface area (Å²) < 4.78 is 0. The summed E-state index contributed by atoms with van der Waals surface area (Å²) in [5.74, 6) is 1.79. The monoisotopic (exact) mass is 307 g/mol. The van der Waals surface area contributed by atoms with Crippen molar-refractivity contribution in [3.05, 3.63) is 5.01 Å². The Morgan fingerprint density at radius 2 is 1.95 bits per heavy atom.